The molecule has 0 saturated heterocycles. The van der Waals surface area contributed by atoms with E-state index in [9.17, 15) is 9.59 Å². The fourth-order valence-corrected chi connectivity index (χ4v) is 2.41. The largest absolute Gasteiger partial charge is 0.495 e. The molecular formula is C20H23NO4. The number of benzene rings is 2. The molecule has 0 unspecified atom stereocenters. The van der Waals surface area contributed by atoms with Crippen LogP contribution in [-0.4, -0.2) is 19.0 Å². The van der Waals surface area contributed by atoms with Gasteiger partial charge < -0.3 is 14.8 Å². The number of hydrogen-bond acceptors (Lipinski definition) is 4. The summed E-state index contributed by atoms with van der Waals surface area (Å²) in [5.41, 5.74) is 2.14. The van der Waals surface area contributed by atoms with E-state index >= 15 is 0 Å². The van der Waals surface area contributed by atoms with Gasteiger partial charge in [0, 0.05) is 12.0 Å². The molecule has 0 aromatic heterocycles. The maximum atomic E-state index is 12.8. The van der Waals surface area contributed by atoms with E-state index in [1.165, 1.54) is 7.11 Å². The van der Waals surface area contributed by atoms with Crippen molar-refractivity contribution in [3.63, 3.8) is 0 Å². The van der Waals surface area contributed by atoms with Crippen LogP contribution in [0.25, 0.3) is 0 Å². The predicted octanol–water partition coefficient (Wildman–Crippen LogP) is 4.03. The first-order valence-corrected chi connectivity index (χ1v) is 8.25. The molecule has 2 rings (SSSR count). The molecule has 0 spiro atoms. The van der Waals surface area contributed by atoms with Crippen molar-refractivity contribution in [3.05, 3.63) is 59.7 Å². The van der Waals surface area contributed by atoms with Gasteiger partial charge in [0.15, 0.2) is 0 Å². The van der Waals surface area contributed by atoms with Crippen molar-refractivity contribution in [2.75, 3.05) is 12.4 Å². The third-order valence-electron chi connectivity index (χ3n) is 3.66. The molecule has 1 amide bonds. The van der Waals surface area contributed by atoms with Gasteiger partial charge in [-0.1, -0.05) is 43.3 Å². The molecule has 1 N–H and O–H groups in total. The van der Waals surface area contributed by atoms with Crippen molar-refractivity contribution in [1.29, 1.82) is 0 Å². The molecule has 5 nitrogen and oxygen atoms in total. The van der Waals surface area contributed by atoms with Crippen LogP contribution in [0.1, 0.15) is 37.0 Å². The Morgan fingerprint density at radius 2 is 1.84 bits per heavy atom. The van der Waals surface area contributed by atoms with Crippen molar-refractivity contribution < 1.29 is 19.1 Å². The molecule has 0 bridgehead atoms. The molecule has 25 heavy (non-hydrogen) atoms. The molecule has 0 heterocycles. The molecule has 0 saturated carbocycles. The highest BCUT2D eigenvalue weighted by atomic mass is 16.5. The lowest BCUT2D eigenvalue weighted by Gasteiger charge is -2.19. The number of amides is 1. The van der Waals surface area contributed by atoms with E-state index in [2.05, 4.69) is 5.32 Å². The molecule has 0 aliphatic rings. The Morgan fingerprint density at radius 1 is 1.12 bits per heavy atom. The van der Waals surface area contributed by atoms with Crippen molar-refractivity contribution in [2.45, 2.75) is 32.8 Å². The van der Waals surface area contributed by atoms with Crippen LogP contribution in [0.3, 0.4) is 0 Å². The molecule has 0 radical (unpaired) electrons. The molecule has 2 aromatic rings. The van der Waals surface area contributed by atoms with Crippen molar-refractivity contribution in [3.8, 4) is 5.75 Å². The number of hydrogen-bond donors (Lipinski definition) is 1. The van der Waals surface area contributed by atoms with Crippen molar-refractivity contribution in [2.24, 2.45) is 0 Å². The zero-order chi connectivity index (χ0) is 18.2. The van der Waals surface area contributed by atoms with Crippen LogP contribution in [0.4, 0.5) is 5.69 Å². The Balaban J connectivity index is 2.26. The molecule has 0 aliphatic carbocycles. The van der Waals surface area contributed by atoms with Gasteiger partial charge in [0.1, 0.15) is 5.75 Å². The van der Waals surface area contributed by atoms with Gasteiger partial charge in [-0.25, -0.2) is 0 Å². The summed E-state index contributed by atoms with van der Waals surface area (Å²) in [6, 6.07) is 14.5. The summed E-state index contributed by atoms with van der Waals surface area (Å²) in [4.78, 5) is 24.7. The second kappa shape index (κ2) is 8.87. The topological polar surface area (TPSA) is 64.6 Å². The minimum Gasteiger partial charge on any atom is -0.495 e. The van der Waals surface area contributed by atoms with Gasteiger partial charge in [-0.05, 0) is 31.0 Å². The molecule has 132 valence electrons. The summed E-state index contributed by atoms with van der Waals surface area (Å²) in [6.45, 7) is 3.81. The van der Waals surface area contributed by atoms with Crippen molar-refractivity contribution >= 4 is 17.6 Å². The van der Waals surface area contributed by atoms with Gasteiger partial charge in [0.2, 0.25) is 6.10 Å². The quantitative estimate of drug-likeness (QED) is 0.772. The zero-order valence-electron chi connectivity index (χ0n) is 14.7. The number of aryl methyl sites for hydroxylation is 1. The first-order chi connectivity index (χ1) is 12.0. The summed E-state index contributed by atoms with van der Waals surface area (Å²) < 4.78 is 10.7. The number of esters is 1. The third-order valence-corrected chi connectivity index (χ3v) is 3.66. The number of carbonyl (C=O) groups is 2. The lowest BCUT2D eigenvalue weighted by atomic mass is 10.1. The molecule has 1 atom stereocenters. The number of methoxy groups -OCH3 is 1. The Hall–Kier alpha value is -2.82. The summed E-state index contributed by atoms with van der Waals surface area (Å²) in [7, 11) is 1.54. The Kier molecular flexibility index (Phi) is 6.57. The number of rotatable bonds is 7. The fourth-order valence-electron chi connectivity index (χ4n) is 2.41. The van der Waals surface area contributed by atoms with E-state index in [0.29, 0.717) is 23.4 Å². The highest BCUT2D eigenvalue weighted by Crippen LogP contribution is 2.27. The molecule has 0 aliphatic heterocycles. The monoisotopic (exact) mass is 341 g/mol. The van der Waals surface area contributed by atoms with Crippen LogP contribution in [0.5, 0.6) is 5.75 Å². The van der Waals surface area contributed by atoms with E-state index in [0.717, 1.165) is 5.56 Å². The maximum Gasteiger partial charge on any atom is 0.306 e. The van der Waals surface area contributed by atoms with Crippen LogP contribution >= 0.6 is 0 Å². The average Bonchev–Trinajstić information content (AvgIpc) is 2.61. The molecule has 2 aromatic carbocycles. The summed E-state index contributed by atoms with van der Waals surface area (Å²) in [5, 5.41) is 2.81. The number of anilines is 1. The first-order valence-electron chi connectivity index (χ1n) is 8.25. The second-order valence-electron chi connectivity index (χ2n) is 5.72. The van der Waals surface area contributed by atoms with E-state index < -0.39 is 18.0 Å². The van der Waals surface area contributed by atoms with E-state index in [1.807, 2.05) is 32.0 Å². The smallest absolute Gasteiger partial charge is 0.306 e. The van der Waals surface area contributed by atoms with E-state index in [1.54, 1.807) is 30.3 Å². The van der Waals surface area contributed by atoms with Gasteiger partial charge in [0.25, 0.3) is 5.91 Å². The van der Waals surface area contributed by atoms with Crippen LogP contribution in [-0.2, 0) is 14.3 Å². The molecule has 0 fully saturated rings. The second-order valence-corrected chi connectivity index (χ2v) is 5.72. The van der Waals surface area contributed by atoms with Crippen LogP contribution in [0.15, 0.2) is 48.5 Å². The Labute approximate surface area is 148 Å². The fraction of sp³-hybridized carbons (Fsp3) is 0.300. The number of ether oxygens (including phenoxy) is 2. The average molecular weight is 341 g/mol. The first kappa shape index (κ1) is 18.5. The van der Waals surface area contributed by atoms with Crippen LogP contribution in [0, 0.1) is 6.92 Å². The Bertz CT molecular complexity index is 728. The Morgan fingerprint density at radius 3 is 2.48 bits per heavy atom. The number of carbonyl (C=O) groups excluding carboxylic acids is 2. The zero-order valence-corrected chi connectivity index (χ0v) is 14.7. The van der Waals surface area contributed by atoms with E-state index in [4.69, 9.17) is 9.47 Å². The lowest BCUT2D eigenvalue weighted by Crippen LogP contribution is -2.26. The van der Waals surface area contributed by atoms with Gasteiger partial charge in [-0.2, -0.15) is 0 Å². The summed E-state index contributed by atoms with van der Waals surface area (Å²) >= 11 is 0. The highest BCUT2D eigenvalue weighted by Gasteiger charge is 2.25. The number of nitrogens with one attached hydrogen (secondary N) is 1. The normalized spacial score (nSPS) is 11.5. The highest BCUT2D eigenvalue weighted by molar-refractivity contribution is 5.97. The van der Waals surface area contributed by atoms with Gasteiger partial charge in [-0.3, -0.25) is 9.59 Å². The van der Waals surface area contributed by atoms with E-state index in [-0.39, 0.29) is 6.42 Å². The summed E-state index contributed by atoms with van der Waals surface area (Å²) in [6.07, 6.45) is -0.0802. The minimum atomic E-state index is -1.01. The minimum absolute atomic E-state index is 0.268. The van der Waals surface area contributed by atoms with Gasteiger partial charge in [0.05, 0.1) is 12.8 Å². The standard InChI is InChI=1S/C20H23NO4/c1-4-8-18(22)25-19(15-9-6-5-7-10-15)20(23)21-16-13-14(2)11-12-17(16)24-3/h5-7,9-13,19H,4,8H2,1-3H3,(H,21,23)/t19-/m0/s1. The van der Waals surface area contributed by atoms with Gasteiger partial charge in [-0.15, -0.1) is 0 Å². The van der Waals surface area contributed by atoms with Crippen LogP contribution < -0.4 is 10.1 Å². The summed E-state index contributed by atoms with van der Waals surface area (Å²) in [5.74, 6) is -0.270. The SMILES string of the molecule is CCCC(=O)O[C@H](C(=O)Nc1cc(C)ccc1OC)c1ccccc1. The molecule has 5 heteroatoms. The van der Waals surface area contributed by atoms with Crippen molar-refractivity contribution in [1.82, 2.24) is 0 Å². The molecular weight excluding hydrogens is 318 g/mol. The third kappa shape index (κ3) is 5.08. The predicted molar refractivity (Wildman–Crippen MR) is 96.5 cm³/mol. The van der Waals surface area contributed by atoms with Gasteiger partial charge >= 0.3 is 5.97 Å². The lowest BCUT2D eigenvalue weighted by molar-refractivity contribution is -0.154. The maximum absolute atomic E-state index is 12.8. The van der Waals surface area contributed by atoms with Crippen LogP contribution in [0.2, 0.25) is 0 Å².